The number of carbonyl (C=O) groups is 2. The van der Waals surface area contributed by atoms with Crippen molar-refractivity contribution in [2.45, 2.75) is 0 Å². The number of anilines is 1. The van der Waals surface area contributed by atoms with Crippen LogP contribution in [0.4, 0.5) is 10.1 Å². The van der Waals surface area contributed by atoms with Crippen molar-refractivity contribution in [2.24, 2.45) is 0 Å². The van der Waals surface area contributed by atoms with Gasteiger partial charge in [0.1, 0.15) is 5.82 Å². The second kappa shape index (κ2) is 6.51. The topological polar surface area (TPSA) is 61.4 Å². The number of piperazine rings is 1. The number of hydrogen-bond donors (Lipinski definition) is 2. The lowest BCUT2D eigenvalue weighted by Crippen LogP contribution is -2.49. The van der Waals surface area contributed by atoms with E-state index in [-0.39, 0.29) is 15.2 Å². The predicted octanol–water partition coefficient (Wildman–Crippen LogP) is 1.61. The van der Waals surface area contributed by atoms with E-state index < -0.39 is 17.6 Å². The van der Waals surface area contributed by atoms with Crippen LogP contribution in [0.3, 0.4) is 0 Å². The fourth-order valence-corrected chi connectivity index (χ4v) is 2.74. The monoisotopic (exact) mass is 363 g/mol. The molecule has 2 rings (SSSR count). The number of nitrogens with zero attached hydrogens (tertiary/aromatic N) is 1. The standard InChI is InChI=1S/C12H12BrClFN3O2/c13-8-5-7(15)6-9(14)10(8)17-11(19)12(20)18-3-1-16-2-4-18/h5-6,16H,1-4H2,(H,17,19). The molecule has 1 heterocycles. The van der Waals surface area contributed by atoms with Gasteiger partial charge in [-0.1, -0.05) is 11.6 Å². The summed E-state index contributed by atoms with van der Waals surface area (Å²) in [5.41, 5.74) is 0.182. The van der Waals surface area contributed by atoms with Crippen molar-refractivity contribution in [1.29, 1.82) is 0 Å². The molecule has 1 aromatic rings. The lowest BCUT2D eigenvalue weighted by atomic mass is 10.3. The first-order valence-electron chi connectivity index (χ1n) is 5.94. The smallest absolute Gasteiger partial charge is 0.313 e. The van der Waals surface area contributed by atoms with Gasteiger partial charge in [-0.2, -0.15) is 0 Å². The number of carbonyl (C=O) groups excluding carboxylic acids is 2. The normalized spacial score (nSPS) is 15.1. The SMILES string of the molecule is O=C(Nc1c(Cl)cc(F)cc1Br)C(=O)N1CCNCC1. The van der Waals surface area contributed by atoms with Crippen molar-refractivity contribution in [3.05, 3.63) is 27.4 Å². The molecule has 108 valence electrons. The number of nitrogens with one attached hydrogen (secondary N) is 2. The predicted molar refractivity (Wildman–Crippen MR) is 77.2 cm³/mol. The van der Waals surface area contributed by atoms with Gasteiger partial charge < -0.3 is 15.5 Å². The molecule has 5 nitrogen and oxygen atoms in total. The zero-order valence-corrected chi connectivity index (χ0v) is 12.7. The highest BCUT2D eigenvalue weighted by Gasteiger charge is 2.24. The number of benzene rings is 1. The van der Waals surface area contributed by atoms with Gasteiger partial charge in [0.2, 0.25) is 0 Å². The molecule has 0 radical (unpaired) electrons. The maximum atomic E-state index is 13.1. The third-order valence-electron chi connectivity index (χ3n) is 2.84. The quantitative estimate of drug-likeness (QED) is 0.744. The summed E-state index contributed by atoms with van der Waals surface area (Å²) < 4.78 is 13.4. The molecule has 1 fully saturated rings. The second-order valence-corrected chi connectivity index (χ2v) is 5.50. The maximum Gasteiger partial charge on any atom is 0.313 e. The highest BCUT2D eigenvalue weighted by atomic mass is 79.9. The molecule has 0 aromatic heterocycles. The molecule has 0 bridgehead atoms. The number of rotatable bonds is 1. The molecule has 0 unspecified atom stereocenters. The Bertz CT molecular complexity index is 526. The van der Waals surface area contributed by atoms with E-state index in [9.17, 15) is 14.0 Å². The Balaban J connectivity index is 2.09. The second-order valence-electron chi connectivity index (χ2n) is 4.24. The van der Waals surface area contributed by atoms with Gasteiger partial charge >= 0.3 is 11.8 Å². The minimum Gasteiger partial charge on any atom is -0.332 e. The number of hydrogen-bond acceptors (Lipinski definition) is 3. The first-order valence-corrected chi connectivity index (χ1v) is 7.11. The molecular formula is C12H12BrClFN3O2. The van der Waals surface area contributed by atoms with E-state index in [1.54, 1.807) is 0 Å². The van der Waals surface area contributed by atoms with E-state index in [0.29, 0.717) is 26.2 Å². The third kappa shape index (κ3) is 3.47. The molecule has 8 heteroatoms. The Labute approximate surface area is 128 Å². The lowest BCUT2D eigenvalue weighted by molar-refractivity contribution is -0.143. The van der Waals surface area contributed by atoms with E-state index >= 15 is 0 Å². The van der Waals surface area contributed by atoms with Crippen molar-refractivity contribution in [1.82, 2.24) is 10.2 Å². The summed E-state index contributed by atoms with van der Waals surface area (Å²) in [7, 11) is 0. The van der Waals surface area contributed by atoms with Gasteiger partial charge in [0.15, 0.2) is 0 Å². The first-order chi connectivity index (χ1) is 9.49. The highest BCUT2D eigenvalue weighted by molar-refractivity contribution is 9.10. The van der Waals surface area contributed by atoms with E-state index in [2.05, 4.69) is 26.6 Å². The molecule has 0 aliphatic carbocycles. The fourth-order valence-electron chi connectivity index (χ4n) is 1.84. The Hall–Kier alpha value is -1.18. The minimum atomic E-state index is -0.791. The first kappa shape index (κ1) is 15.2. The zero-order valence-electron chi connectivity index (χ0n) is 10.4. The lowest BCUT2D eigenvalue weighted by Gasteiger charge is -2.26. The largest absolute Gasteiger partial charge is 0.332 e. The molecule has 1 saturated heterocycles. The molecule has 0 saturated carbocycles. The summed E-state index contributed by atoms with van der Waals surface area (Å²) in [5.74, 6) is -1.95. The highest BCUT2D eigenvalue weighted by Crippen LogP contribution is 2.31. The minimum absolute atomic E-state index is 0.0262. The Kier molecular flexibility index (Phi) is 4.95. The van der Waals surface area contributed by atoms with Crippen LogP contribution in [-0.2, 0) is 9.59 Å². The van der Waals surface area contributed by atoms with Crippen LogP contribution < -0.4 is 10.6 Å². The average Bonchev–Trinajstić information content (AvgIpc) is 2.42. The van der Waals surface area contributed by atoms with Crippen LogP contribution in [0.2, 0.25) is 5.02 Å². The maximum absolute atomic E-state index is 13.1. The van der Waals surface area contributed by atoms with Gasteiger partial charge in [0.05, 0.1) is 10.7 Å². The third-order valence-corrected chi connectivity index (χ3v) is 3.77. The van der Waals surface area contributed by atoms with Gasteiger partial charge in [-0.25, -0.2) is 4.39 Å². The molecule has 0 atom stereocenters. The molecule has 20 heavy (non-hydrogen) atoms. The molecule has 1 aromatic carbocycles. The van der Waals surface area contributed by atoms with E-state index in [1.165, 1.54) is 4.90 Å². The van der Waals surface area contributed by atoms with E-state index in [4.69, 9.17) is 11.6 Å². The molecule has 1 aliphatic heterocycles. The van der Waals surface area contributed by atoms with Crippen molar-refractivity contribution in [2.75, 3.05) is 31.5 Å². The molecule has 2 amide bonds. The van der Waals surface area contributed by atoms with Gasteiger partial charge in [0, 0.05) is 30.7 Å². The van der Waals surface area contributed by atoms with Gasteiger partial charge in [-0.15, -0.1) is 0 Å². The molecule has 2 N–H and O–H groups in total. The van der Waals surface area contributed by atoms with Crippen LogP contribution in [0.25, 0.3) is 0 Å². The van der Waals surface area contributed by atoms with Crippen molar-refractivity contribution in [3.8, 4) is 0 Å². The molecule has 0 spiro atoms. The van der Waals surface area contributed by atoms with E-state index in [0.717, 1.165) is 12.1 Å². The Morgan fingerprint density at radius 3 is 2.60 bits per heavy atom. The van der Waals surface area contributed by atoms with E-state index in [1.807, 2.05) is 0 Å². The van der Waals surface area contributed by atoms with Crippen LogP contribution in [0.5, 0.6) is 0 Å². The summed E-state index contributed by atoms with van der Waals surface area (Å²) in [6.07, 6.45) is 0. The van der Waals surface area contributed by atoms with Gasteiger partial charge in [0.25, 0.3) is 0 Å². The average molecular weight is 365 g/mol. The summed E-state index contributed by atoms with van der Waals surface area (Å²) in [5, 5.41) is 5.52. The van der Waals surface area contributed by atoms with Crippen molar-refractivity contribution < 1.29 is 14.0 Å². The summed E-state index contributed by atoms with van der Waals surface area (Å²) >= 11 is 8.95. The molecular weight excluding hydrogens is 353 g/mol. The summed E-state index contributed by atoms with van der Waals surface area (Å²) in [6.45, 7) is 2.26. The van der Waals surface area contributed by atoms with Gasteiger partial charge in [-0.3, -0.25) is 9.59 Å². The van der Waals surface area contributed by atoms with Crippen LogP contribution in [0, 0.1) is 5.82 Å². The molecule has 1 aliphatic rings. The summed E-state index contributed by atoms with van der Waals surface area (Å²) in [6, 6.07) is 2.23. The van der Waals surface area contributed by atoms with Crippen LogP contribution in [-0.4, -0.2) is 42.9 Å². The van der Waals surface area contributed by atoms with Crippen molar-refractivity contribution >= 4 is 45.0 Å². The fraction of sp³-hybridized carbons (Fsp3) is 0.333. The zero-order chi connectivity index (χ0) is 14.7. The van der Waals surface area contributed by atoms with Crippen LogP contribution >= 0.6 is 27.5 Å². The van der Waals surface area contributed by atoms with Crippen LogP contribution in [0.15, 0.2) is 16.6 Å². The number of amides is 2. The van der Waals surface area contributed by atoms with Crippen LogP contribution in [0.1, 0.15) is 0 Å². The Morgan fingerprint density at radius 2 is 2.00 bits per heavy atom. The van der Waals surface area contributed by atoms with Crippen molar-refractivity contribution in [3.63, 3.8) is 0 Å². The number of halogens is 3. The Morgan fingerprint density at radius 1 is 1.35 bits per heavy atom. The van der Waals surface area contributed by atoms with Gasteiger partial charge in [-0.05, 0) is 28.1 Å². The summed E-state index contributed by atoms with van der Waals surface area (Å²) in [4.78, 5) is 25.3.